The first kappa shape index (κ1) is 30.9. The third-order valence-corrected chi connectivity index (χ3v) is 11.1. The summed E-state index contributed by atoms with van der Waals surface area (Å²) in [5, 5.41) is 0. The van der Waals surface area contributed by atoms with Crippen molar-refractivity contribution < 1.29 is 19.1 Å². The molecule has 10 nitrogen and oxygen atoms in total. The van der Waals surface area contributed by atoms with Gasteiger partial charge >= 0.3 is 0 Å². The zero-order valence-electron chi connectivity index (χ0n) is 26.6. The molecule has 0 radical (unpaired) electrons. The van der Waals surface area contributed by atoms with Gasteiger partial charge in [0.1, 0.15) is 17.7 Å². The smallest absolute Gasteiger partial charge is 0.228 e. The fraction of sp³-hybridized carbons (Fsp3) is 0.647. The van der Waals surface area contributed by atoms with Gasteiger partial charge in [-0.25, -0.2) is 4.98 Å². The predicted molar refractivity (Wildman–Crippen MR) is 170 cm³/mol. The van der Waals surface area contributed by atoms with Crippen LogP contribution in [0.25, 0.3) is 0 Å². The fourth-order valence-electron chi connectivity index (χ4n) is 8.02. The van der Waals surface area contributed by atoms with E-state index in [2.05, 4.69) is 42.0 Å². The molecule has 0 amide bonds. The first-order chi connectivity index (χ1) is 21.1. The monoisotopic (exact) mass is 604 g/mol. The number of likely N-dealkylation sites (tertiary alicyclic amines) is 1. The molecule has 5 aliphatic rings. The Labute approximate surface area is 261 Å². The van der Waals surface area contributed by atoms with Crippen LogP contribution in [-0.4, -0.2) is 103 Å². The number of likely N-dealkylation sites (N-methyl/N-ethyl adjacent to an activating group) is 2. The molecular weight excluding hydrogens is 556 g/mol. The second-order valence-corrected chi connectivity index (χ2v) is 13.8. The van der Waals surface area contributed by atoms with E-state index < -0.39 is 5.41 Å². The van der Waals surface area contributed by atoms with Gasteiger partial charge in [-0.3, -0.25) is 19.4 Å². The molecular formula is C34H48N6O4. The maximum atomic E-state index is 14.3. The molecule has 1 aromatic heterocycles. The molecule has 0 aromatic carbocycles. The van der Waals surface area contributed by atoms with Gasteiger partial charge in [-0.05, 0) is 84.5 Å². The number of allylic oxidation sites excluding steroid dienone is 3. The summed E-state index contributed by atoms with van der Waals surface area (Å²) < 4.78 is 12.1. The average molecular weight is 605 g/mol. The summed E-state index contributed by atoms with van der Waals surface area (Å²) >= 11 is 0. The number of Topliss-reactive ketones (excluding diaryl/α,β-unsaturated/α-hetero) is 2. The van der Waals surface area contributed by atoms with Crippen LogP contribution in [-0.2, 0) is 9.53 Å². The van der Waals surface area contributed by atoms with E-state index >= 15 is 0 Å². The average Bonchev–Trinajstić information content (AvgIpc) is 3.42. The van der Waals surface area contributed by atoms with E-state index in [-0.39, 0.29) is 41.0 Å². The molecule has 2 N–H and O–H groups in total. The van der Waals surface area contributed by atoms with Gasteiger partial charge in [0.2, 0.25) is 17.5 Å². The van der Waals surface area contributed by atoms with E-state index in [4.69, 9.17) is 25.2 Å². The Morgan fingerprint density at radius 2 is 1.98 bits per heavy atom. The first-order valence-electron chi connectivity index (χ1n) is 16.2. The summed E-state index contributed by atoms with van der Waals surface area (Å²) in [6.07, 6.45) is 7.37. The van der Waals surface area contributed by atoms with Crippen molar-refractivity contribution in [2.45, 2.75) is 76.0 Å². The quantitative estimate of drug-likeness (QED) is 0.349. The van der Waals surface area contributed by atoms with Crippen LogP contribution in [0.3, 0.4) is 0 Å². The second-order valence-electron chi connectivity index (χ2n) is 13.8. The molecule has 238 valence electrons. The summed E-state index contributed by atoms with van der Waals surface area (Å²) in [5.41, 5.74) is 7.88. The molecule has 4 heterocycles. The number of hydrogen-bond donors (Lipinski definition) is 1. The number of anilines is 1. The summed E-state index contributed by atoms with van der Waals surface area (Å²) in [6.45, 7) is 14.9. The van der Waals surface area contributed by atoms with Crippen molar-refractivity contribution in [3.8, 4) is 5.88 Å². The molecule has 1 aromatic rings. The summed E-state index contributed by atoms with van der Waals surface area (Å²) in [4.78, 5) is 44.2. The lowest BCUT2D eigenvalue weighted by Crippen LogP contribution is -2.70. The van der Waals surface area contributed by atoms with Crippen molar-refractivity contribution in [2.24, 2.45) is 17.1 Å². The van der Waals surface area contributed by atoms with Gasteiger partial charge in [-0.2, -0.15) is 4.98 Å². The number of rotatable bonds is 8. The maximum Gasteiger partial charge on any atom is 0.228 e. The third kappa shape index (κ3) is 5.39. The van der Waals surface area contributed by atoms with Gasteiger partial charge < -0.3 is 20.1 Å². The maximum absolute atomic E-state index is 14.3. The number of carbonyl (C=O) groups excluding carboxylic acids is 2. The number of nitrogens with zero attached hydrogens (tertiary/aromatic N) is 5. The number of aromatic nitrogens is 2. The Kier molecular flexibility index (Phi) is 8.45. The lowest BCUT2D eigenvalue weighted by atomic mass is 9.60. The van der Waals surface area contributed by atoms with Gasteiger partial charge in [-0.1, -0.05) is 18.7 Å². The second kappa shape index (κ2) is 12.0. The van der Waals surface area contributed by atoms with Gasteiger partial charge in [0.05, 0.1) is 30.2 Å². The van der Waals surface area contributed by atoms with Crippen LogP contribution in [0.2, 0.25) is 0 Å². The standard InChI is InChI=1S/C34H48N6O4/c1-6-26(25-10-8-14-38(25)4)44-29-17-28(40-16-15-39(5)33(19-40)20-43-21-33)36-32(37-29)30(42)24-9-7-13-34(31(24)35)18-23(22(2)3)11-12-27(34)41/h6,17,23,25-26H,1-2,7-16,18-21,35H2,3-5H3/t23?,25-,26-,34-/m0/s1. The van der Waals surface area contributed by atoms with E-state index in [1.54, 1.807) is 0 Å². The van der Waals surface area contributed by atoms with Crippen LogP contribution < -0.4 is 15.4 Å². The van der Waals surface area contributed by atoms with Crippen molar-refractivity contribution in [3.05, 3.63) is 48.0 Å². The number of piperazine rings is 1. The molecule has 3 aliphatic heterocycles. The molecule has 2 spiro atoms. The van der Waals surface area contributed by atoms with Crippen molar-refractivity contribution in [1.82, 2.24) is 19.8 Å². The fourth-order valence-corrected chi connectivity index (χ4v) is 8.02. The number of hydrogen-bond acceptors (Lipinski definition) is 10. The normalized spacial score (nSPS) is 30.0. The minimum Gasteiger partial charge on any atom is -0.468 e. The summed E-state index contributed by atoms with van der Waals surface area (Å²) in [7, 11) is 4.23. The van der Waals surface area contributed by atoms with Gasteiger partial charge in [-0.15, -0.1) is 0 Å². The molecule has 1 unspecified atom stereocenters. The molecule has 0 bridgehead atoms. The Balaban J connectivity index is 1.37. The molecule has 10 heteroatoms. The van der Waals surface area contributed by atoms with E-state index in [1.165, 1.54) is 0 Å². The number of carbonyl (C=O) groups is 2. The van der Waals surface area contributed by atoms with E-state index in [1.807, 2.05) is 19.1 Å². The highest BCUT2D eigenvalue weighted by atomic mass is 16.5. The highest BCUT2D eigenvalue weighted by molar-refractivity contribution is 6.08. The lowest BCUT2D eigenvalue weighted by molar-refractivity contribution is -0.134. The molecule has 44 heavy (non-hydrogen) atoms. The van der Waals surface area contributed by atoms with Crippen LogP contribution in [0, 0.1) is 11.3 Å². The lowest BCUT2D eigenvalue weighted by Gasteiger charge is -2.54. The van der Waals surface area contributed by atoms with Crippen molar-refractivity contribution in [1.29, 1.82) is 0 Å². The Morgan fingerprint density at radius 3 is 2.64 bits per heavy atom. The molecule has 4 atom stereocenters. The minimum atomic E-state index is -0.822. The van der Waals surface area contributed by atoms with Crippen LogP contribution in [0.1, 0.15) is 68.9 Å². The van der Waals surface area contributed by atoms with Crippen molar-refractivity contribution in [2.75, 3.05) is 58.4 Å². The van der Waals surface area contributed by atoms with Crippen LogP contribution in [0.15, 0.2) is 42.1 Å². The summed E-state index contributed by atoms with van der Waals surface area (Å²) in [6, 6.07) is 2.03. The van der Waals surface area contributed by atoms with E-state index in [0.717, 1.165) is 51.0 Å². The molecule has 3 saturated heterocycles. The highest BCUT2D eigenvalue weighted by Crippen LogP contribution is 2.50. The third-order valence-electron chi connectivity index (χ3n) is 11.1. The molecule has 2 aliphatic carbocycles. The van der Waals surface area contributed by atoms with Gasteiger partial charge in [0, 0.05) is 43.4 Å². The molecule has 6 rings (SSSR count). The Hall–Kier alpha value is -3.08. The number of ketones is 2. The Bertz CT molecular complexity index is 1370. The number of nitrogens with two attached hydrogens (primary N) is 1. The molecule has 4 fully saturated rings. The SMILES string of the molecule is C=C[C@H](Oc1cc(N2CCN(C)C3(COC3)C2)nc(C(=O)C2=C(N)[C@@]3(CCC2)CC(C(=C)C)CCC3=O)n1)[C@@H]1CCCN1C. The van der Waals surface area contributed by atoms with Gasteiger partial charge in [0.25, 0.3) is 0 Å². The predicted octanol–water partition coefficient (Wildman–Crippen LogP) is 3.54. The van der Waals surface area contributed by atoms with Crippen LogP contribution >= 0.6 is 0 Å². The van der Waals surface area contributed by atoms with Gasteiger partial charge in [0.15, 0.2) is 0 Å². The summed E-state index contributed by atoms with van der Waals surface area (Å²) in [5.74, 6) is 1.10. The topological polar surface area (TPSA) is 114 Å². The molecule has 1 saturated carbocycles. The minimum absolute atomic E-state index is 0.0626. The zero-order valence-corrected chi connectivity index (χ0v) is 26.6. The first-order valence-corrected chi connectivity index (χ1v) is 16.2. The number of ether oxygens (including phenoxy) is 2. The Morgan fingerprint density at radius 1 is 1.18 bits per heavy atom. The zero-order chi connectivity index (χ0) is 31.2. The van der Waals surface area contributed by atoms with Crippen molar-refractivity contribution in [3.63, 3.8) is 0 Å². The van der Waals surface area contributed by atoms with E-state index in [0.29, 0.717) is 68.3 Å². The van der Waals surface area contributed by atoms with E-state index in [9.17, 15) is 9.59 Å². The highest BCUT2D eigenvalue weighted by Gasteiger charge is 2.49. The van der Waals surface area contributed by atoms with Crippen LogP contribution in [0.4, 0.5) is 5.82 Å². The van der Waals surface area contributed by atoms with Crippen LogP contribution in [0.5, 0.6) is 5.88 Å². The largest absolute Gasteiger partial charge is 0.468 e. The van der Waals surface area contributed by atoms with Crippen molar-refractivity contribution >= 4 is 17.4 Å².